The number of ether oxygens (including phenoxy) is 4. The maximum atomic E-state index is 11.1. The minimum Gasteiger partial charge on any atom is -0.493 e. The third-order valence-electron chi connectivity index (χ3n) is 8.46. The van der Waals surface area contributed by atoms with Crippen LogP contribution < -0.4 is 18.9 Å². The SMILES string of the molecule is COc1cc(CCC(C)(O)c2ccccc2)ccc1Oc1nc2ccccc2o1.COc1cc(CCC(C)=O)ccc1Oc1nc2ccccc2o1. The number of ketones is 1. The Balaban J connectivity index is 0.000000183. The fourth-order valence-electron chi connectivity index (χ4n) is 5.53. The van der Waals surface area contributed by atoms with Gasteiger partial charge in [-0.05, 0) is 98.3 Å². The smallest absolute Gasteiger partial charge is 0.400 e. The quantitative estimate of drug-likeness (QED) is 0.124. The fraction of sp³-hybridized carbons (Fsp3) is 0.214. The average Bonchev–Trinajstić information content (AvgIpc) is 3.77. The largest absolute Gasteiger partial charge is 0.493 e. The van der Waals surface area contributed by atoms with Crippen molar-refractivity contribution >= 4 is 28.0 Å². The summed E-state index contributed by atoms with van der Waals surface area (Å²) in [6, 6.07) is 35.9. The lowest BCUT2D eigenvalue weighted by molar-refractivity contribution is -0.116. The number of methoxy groups -OCH3 is 2. The Morgan fingerprint density at radius 1 is 0.654 bits per heavy atom. The molecule has 2 aromatic heterocycles. The first-order valence-electron chi connectivity index (χ1n) is 16.9. The molecule has 2 heterocycles. The number of aromatic nitrogens is 2. The second-order valence-electron chi connectivity index (χ2n) is 12.4. The van der Waals surface area contributed by atoms with Crippen LogP contribution >= 0.6 is 0 Å². The van der Waals surface area contributed by atoms with Crippen molar-refractivity contribution in [1.82, 2.24) is 9.97 Å². The van der Waals surface area contributed by atoms with Gasteiger partial charge in [0.05, 0.1) is 19.8 Å². The number of Topliss-reactive ketones (excluding diaryl/α,β-unsaturated/α-hetero) is 1. The van der Waals surface area contributed by atoms with Crippen molar-refractivity contribution < 1.29 is 37.7 Å². The number of aryl methyl sites for hydroxylation is 2. The van der Waals surface area contributed by atoms with Crippen LogP contribution in [0.3, 0.4) is 0 Å². The van der Waals surface area contributed by atoms with Crippen molar-refractivity contribution in [1.29, 1.82) is 0 Å². The molecular weight excluding hydrogens is 660 g/mol. The monoisotopic (exact) mass is 700 g/mol. The highest BCUT2D eigenvalue weighted by molar-refractivity contribution is 5.76. The first-order chi connectivity index (χ1) is 25.2. The van der Waals surface area contributed by atoms with Gasteiger partial charge in [-0.1, -0.05) is 66.7 Å². The van der Waals surface area contributed by atoms with E-state index in [1.165, 1.54) is 0 Å². The summed E-state index contributed by atoms with van der Waals surface area (Å²) in [5, 5.41) is 10.8. The predicted octanol–water partition coefficient (Wildman–Crippen LogP) is 9.62. The Morgan fingerprint density at radius 3 is 1.62 bits per heavy atom. The number of oxazole rings is 2. The summed E-state index contributed by atoms with van der Waals surface area (Å²) >= 11 is 0. The maximum absolute atomic E-state index is 11.1. The van der Waals surface area contributed by atoms with Crippen molar-refractivity contribution in [3.05, 3.63) is 132 Å². The highest BCUT2D eigenvalue weighted by Gasteiger charge is 2.23. The third kappa shape index (κ3) is 8.96. The third-order valence-corrected chi connectivity index (χ3v) is 8.46. The van der Waals surface area contributed by atoms with Crippen LogP contribution in [-0.2, 0) is 23.2 Å². The molecule has 10 heteroatoms. The lowest BCUT2D eigenvalue weighted by Gasteiger charge is -2.24. The molecule has 52 heavy (non-hydrogen) atoms. The van der Waals surface area contributed by atoms with Crippen LogP contribution in [0, 0.1) is 0 Å². The number of carbonyl (C=O) groups is 1. The molecule has 7 aromatic rings. The second kappa shape index (κ2) is 16.3. The zero-order valence-corrected chi connectivity index (χ0v) is 29.5. The van der Waals surface area contributed by atoms with Crippen molar-refractivity contribution in [3.8, 4) is 35.2 Å². The van der Waals surface area contributed by atoms with E-state index in [2.05, 4.69) is 9.97 Å². The first-order valence-corrected chi connectivity index (χ1v) is 16.9. The molecule has 0 aliphatic heterocycles. The molecule has 0 saturated carbocycles. The highest BCUT2D eigenvalue weighted by atomic mass is 16.6. The van der Waals surface area contributed by atoms with Gasteiger partial charge in [0.1, 0.15) is 16.8 Å². The molecule has 0 spiro atoms. The number of hydrogen-bond acceptors (Lipinski definition) is 10. The first kappa shape index (κ1) is 35.7. The molecule has 0 aliphatic rings. The van der Waals surface area contributed by atoms with E-state index in [1.54, 1.807) is 27.2 Å². The van der Waals surface area contributed by atoms with Gasteiger partial charge in [0.25, 0.3) is 0 Å². The summed E-state index contributed by atoms with van der Waals surface area (Å²) in [6.45, 7) is 3.42. The minimum absolute atomic E-state index is 0.163. The van der Waals surface area contributed by atoms with E-state index in [9.17, 15) is 9.90 Å². The van der Waals surface area contributed by atoms with Gasteiger partial charge in [-0.15, -0.1) is 0 Å². The molecule has 0 amide bonds. The molecule has 0 aliphatic carbocycles. The van der Waals surface area contributed by atoms with Gasteiger partial charge in [0.15, 0.2) is 34.2 Å². The Bertz CT molecular complexity index is 2190. The molecule has 7 rings (SSSR count). The normalized spacial score (nSPS) is 12.1. The van der Waals surface area contributed by atoms with Crippen molar-refractivity contribution in [2.24, 2.45) is 0 Å². The minimum atomic E-state index is -0.901. The molecule has 0 saturated heterocycles. The molecule has 1 unspecified atom stereocenters. The van der Waals surface area contributed by atoms with Crippen LogP contribution in [0.4, 0.5) is 0 Å². The van der Waals surface area contributed by atoms with Crippen molar-refractivity contribution in [2.45, 2.75) is 45.1 Å². The average molecular weight is 701 g/mol. The zero-order chi connectivity index (χ0) is 36.5. The van der Waals surface area contributed by atoms with E-state index in [1.807, 2.05) is 116 Å². The number of nitrogens with zero attached hydrogens (tertiary/aromatic N) is 2. The lowest BCUT2D eigenvalue weighted by Crippen LogP contribution is -2.21. The van der Waals surface area contributed by atoms with Crippen LogP contribution in [0.25, 0.3) is 22.2 Å². The van der Waals surface area contributed by atoms with E-state index in [0.717, 1.165) is 27.7 Å². The fourth-order valence-corrected chi connectivity index (χ4v) is 5.53. The molecule has 0 bridgehead atoms. The molecule has 1 atom stereocenters. The summed E-state index contributed by atoms with van der Waals surface area (Å²) in [5.74, 6) is 2.37. The van der Waals surface area contributed by atoms with Crippen LogP contribution in [0.15, 0.2) is 124 Å². The number of carbonyl (C=O) groups excluding carboxylic acids is 1. The zero-order valence-electron chi connectivity index (χ0n) is 29.5. The van der Waals surface area contributed by atoms with Crippen LogP contribution in [0.5, 0.6) is 35.2 Å². The van der Waals surface area contributed by atoms with Crippen LogP contribution in [0.1, 0.15) is 43.4 Å². The van der Waals surface area contributed by atoms with Gasteiger partial charge in [-0.3, -0.25) is 0 Å². The summed E-state index contributed by atoms with van der Waals surface area (Å²) in [5.41, 5.74) is 4.87. The topological polar surface area (TPSA) is 126 Å². The predicted molar refractivity (Wildman–Crippen MR) is 197 cm³/mol. The number of rotatable bonds is 13. The number of fused-ring (bicyclic) bond motifs is 2. The molecule has 0 fully saturated rings. The number of hydrogen-bond donors (Lipinski definition) is 1. The Kier molecular flexibility index (Phi) is 11.2. The van der Waals surface area contributed by atoms with E-state index in [4.69, 9.17) is 27.8 Å². The number of benzene rings is 5. The summed E-state index contributed by atoms with van der Waals surface area (Å²) in [6.07, 6.45) is 2.81. The molecule has 10 nitrogen and oxygen atoms in total. The Labute approximate surface area is 301 Å². The second-order valence-corrected chi connectivity index (χ2v) is 12.4. The molecule has 266 valence electrons. The maximum Gasteiger partial charge on any atom is 0.400 e. The van der Waals surface area contributed by atoms with Crippen molar-refractivity contribution in [2.75, 3.05) is 14.2 Å². The molecule has 1 N–H and O–H groups in total. The van der Waals surface area contributed by atoms with E-state index < -0.39 is 5.60 Å². The van der Waals surface area contributed by atoms with Gasteiger partial charge >= 0.3 is 12.2 Å². The van der Waals surface area contributed by atoms with Gasteiger partial charge in [-0.25, -0.2) is 0 Å². The van der Waals surface area contributed by atoms with Gasteiger partial charge in [0.2, 0.25) is 0 Å². The molecular formula is C42H40N2O8. The van der Waals surface area contributed by atoms with E-state index in [-0.39, 0.29) is 17.9 Å². The summed E-state index contributed by atoms with van der Waals surface area (Å²) in [4.78, 5) is 19.7. The Morgan fingerprint density at radius 2 is 1.13 bits per heavy atom. The van der Waals surface area contributed by atoms with Gasteiger partial charge in [0, 0.05) is 6.42 Å². The van der Waals surface area contributed by atoms with E-state index in [0.29, 0.717) is 59.8 Å². The highest BCUT2D eigenvalue weighted by Crippen LogP contribution is 2.36. The number of aliphatic hydroxyl groups is 1. The Hall–Kier alpha value is -6.13. The van der Waals surface area contributed by atoms with Crippen LogP contribution in [-0.4, -0.2) is 35.1 Å². The molecule has 0 radical (unpaired) electrons. The van der Waals surface area contributed by atoms with E-state index >= 15 is 0 Å². The standard InChI is InChI=1S/C24H23NO4.C18H17NO4/c1-24(26,18-8-4-3-5-9-18)15-14-17-12-13-21(22(16-17)27-2)29-23-25-19-10-6-7-11-20(19)28-23;1-12(20)7-8-13-9-10-16(17(11-13)21-2)23-18-19-14-5-3-4-6-15(14)22-18/h3-13,16,26H,14-15H2,1-2H3;3-6,9-11H,7-8H2,1-2H3. The number of para-hydroxylation sites is 4. The summed E-state index contributed by atoms with van der Waals surface area (Å²) < 4.78 is 33.5. The van der Waals surface area contributed by atoms with Gasteiger partial charge in [-0.2, -0.15) is 9.97 Å². The molecule has 5 aromatic carbocycles. The van der Waals surface area contributed by atoms with Gasteiger partial charge < -0.3 is 37.7 Å². The lowest BCUT2D eigenvalue weighted by atomic mass is 9.89. The van der Waals surface area contributed by atoms with Crippen molar-refractivity contribution in [3.63, 3.8) is 0 Å². The summed E-state index contributed by atoms with van der Waals surface area (Å²) in [7, 11) is 3.17. The van der Waals surface area contributed by atoms with Crippen LogP contribution in [0.2, 0.25) is 0 Å².